The molecule has 0 aliphatic carbocycles. The molecule has 0 aliphatic heterocycles. The highest BCUT2D eigenvalue weighted by Gasteiger charge is 2.23. The third-order valence-corrected chi connectivity index (χ3v) is 8.09. The van der Waals surface area contributed by atoms with Crippen LogP contribution in [0, 0.1) is 0 Å². The number of rotatable bonds is 3. The van der Waals surface area contributed by atoms with E-state index in [2.05, 4.69) is 72.8 Å². The van der Waals surface area contributed by atoms with E-state index in [-0.39, 0.29) is 0 Å². The van der Waals surface area contributed by atoms with Gasteiger partial charge in [0.25, 0.3) is 0 Å². The Balaban J connectivity index is 1.39. The molecule has 3 aromatic heterocycles. The second-order valence-corrected chi connectivity index (χ2v) is 10.6. The van der Waals surface area contributed by atoms with Gasteiger partial charge in [0.05, 0.1) is 0 Å². The first-order valence-electron chi connectivity index (χ1n) is 14.0. The van der Waals surface area contributed by atoms with Gasteiger partial charge in [-0.3, -0.25) is 0 Å². The normalized spacial score (nSPS) is 11.8. The first-order valence-corrected chi connectivity index (χ1v) is 14.0. The number of aromatic nitrogens is 2. The van der Waals surface area contributed by atoms with Gasteiger partial charge in [0, 0.05) is 32.8 Å². The molecule has 9 rings (SSSR count). The molecule has 0 atom stereocenters. The molecule has 0 aliphatic rings. The first kappa shape index (κ1) is 23.0. The summed E-state index contributed by atoms with van der Waals surface area (Å²) in [5.41, 5.74) is 8.70. The summed E-state index contributed by atoms with van der Waals surface area (Å²) < 4.78 is 13.1. The van der Waals surface area contributed by atoms with E-state index >= 15 is 0 Å². The Morgan fingerprint density at radius 2 is 1.12 bits per heavy atom. The highest BCUT2D eigenvalue weighted by atomic mass is 16.3. The van der Waals surface area contributed by atoms with E-state index < -0.39 is 0 Å². The number of nitrogens with zero attached hydrogens (tertiary/aromatic N) is 2. The van der Waals surface area contributed by atoms with E-state index in [0.29, 0.717) is 11.4 Å². The fourth-order valence-electron chi connectivity index (χ4n) is 6.10. The van der Waals surface area contributed by atoms with Crippen LogP contribution >= 0.6 is 0 Å². The summed E-state index contributed by atoms with van der Waals surface area (Å²) in [4.78, 5) is 10.2. The number of hydrogen-bond acceptors (Lipinski definition) is 4. The average Bonchev–Trinajstić information content (AvgIpc) is 3.63. The van der Waals surface area contributed by atoms with Gasteiger partial charge in [-0.05, 0) is 46.7 Å². The Morgan fingerprint density at radius 3 is 1.98 bits per heavy atom. The van der Waals surface area contributed by atoms with Gasteiger partial charge in [-0.2, -0.15) is 0 Å². The van der Waals surface area contributed by atoms with Crippen molar-refractivity contribution in [1.82, 2.24) is 9.97 Å². The van der Waals surface area contributed by atoms with Crippen LogP contribution in [0.1, 0.15) is 0 Å². The van der Waals surface area contributed by atoms with Crippen LogP contribution < -0.4 is 0 Å². The van der Waals surface area contributed by atoms with E-state index in [4.69, 9.17) is 18.8 Å². The predicted molar refractivity (Wildman–Crippen MR) is 170 cm³/mol. The van der Waals surface area contributed by atoms with Gasteiger partial charge in [0.15, 0.2) is 11.4 Å². The molecule has 4 nitrogen and oxygen atoms in total. The highest BCUT2D eigenvalue weighted by molar-refractivity contribution is 6.19. The van der Waals surface area contributed by atoms with Crippen molar-refractivity contribution in [2.24, 2.45) is 0 Å². The molecule has 9 aromatic rings. The van der Waals surface area contributed by atoms with Crippen molar-refractivity contribution in [3.63, 3.8) is 0 Å². The number of furan rings is 2. The molecular weight excluding hydrogens is 516 g/mol. The molecule has 4 heteroatoms. The highest BCUT2D eigenvalue weighted by Crippen LogP contribution is 2.44. The Hall–Kier alpha value is -5.74. The second-order valence-electron chi connectivity index (χ2n) is 10.6. The van der Waals surface area contributed by atoms with Crippen LogP contribution in [0.2, 0.25) is 0 Å². The quantitative estimate of drug-likeness (QED) is 0.224. The van der Waals surface area contributed by atoms with Crippen LogP contribution in [0.3, 0.4) is 0 Å². The van der Waals surface area contributed by atoms with Crippen molar-refractivity contribution in [2.75, 3.05) is 0 Å². The molecule has 196 valence electrons. The lowest BCUT2D eigenvalue weighted by Gasteiger charge is -2.10. The molecule has 0 saturated carbocycles. The molecule has 0 saturated heterocycles. The van der Waals surface area contributed by atoms with Crippen LogP contribution in [0.15, 0.2) is 142 Å². The topological polar surface area (TPSA) is 52.1 Å². The zero-order valence-corrected chi connectivity index (χ0v) is 22.4. The molecule has 0 fully saturated rings. The smallest absolute Gasteiger partial charge is 0.180 e. The minimum atomic E-state index is 0.657. The zero-order valence-electron chi connectivity index (χ0n) is 22.4. The number of para-hydroxylation sites is 2. The minimum Gasteiger partial charge on any atom is -0.455 e. The van der Waals surface area contributed by atoms with E-state index in [1.807, 2.05) is 60.7 Å². The van der Waals surface area contributed by atoms with Crippen molar-refractivity contribution >= 4 is 54.8 Å². The van der Waals surface area contributed by atoms with Gasteiger partial charge < -0.3 is 8.83 Å². The van der Waals surface area contributed by atoms with E-state index in [9.17, 15) is 0 Å². The summed E-state index contributed by atoms with van der Waals surface area (Å²) in [5, 5.41) is 5.41. The lowest BCUT2D eigenvalue weighted by atomic mass is 9.95. The van der Waals surface area contributed by atoms with Gasteiger partial charge in [-0.1, -0.05) is 103 Å². The SMILES string of the molecule is c1ccc(-c2nc(-c3ccc(-c4ccc5ccccc5c4)c4oc5ccccc5c34)c3oc4ccccc4c3n2)cc1. The maximum Gasteiger partial charge on any atom is 0.180 e. The Kier molecular flexibility index (Phi) is 4.87. The van der Waals surface area contributed by atoms with E-state index in [1.165, 1.54) is 10.8 Å². The molecule has 0 unspecified atom stereocenters. The number of benzene rings is 6. The molecule has 0 bridgehead atoms. The van der Waals surface area contributed by atoms with Gasteiger partial charge in [-0.25, -0.2) is 9.97 Å². The molecule has 3 heterocycles. The van der Waals surface area contributed by atoms with Crippen molar-refractivity contribution < 1.29 is 8.83 Å². The van der Waals surface area contributed by atoms with E-state index in [1.54, 1.807) is 0 Å². The largest absolute Gasteiger partial charge is 0.455 e. The van der Waals surface area contributed by atoms with Crippen molar-refractivity contribution in [3.05, 3.63) is 133 Å². The van der Waals surface area contributed by atoms with Gasteiger partial charge >= 0.3 is 0 Å². The summed E-state index contributed by atoms with van der Waals surface area (Å²) >= 11 is 0. The lowest BCUT2D eigenvalue weighted by molar-refractivity contribution is 0.667. The second kappa shape index (κ2) is 8.88. The maximum atomic E-state index is 6.62. The standard InChI is InChI=1S/C38H22N2O2/c1-2-11-24(12-3-1)38-39-34-29-15-7-9-17-32(29)42-37(34)35(40-38)30-21-20-27(26-19-18-23-10-4-5-13-25(23)22-26)36-33(30)28-14-6-8-16-31(28)41-36/h1-22H. The summed E-state index contributed by atoms with van der Waals surface area (Å²) in [7, 11) is 0. The fraction of sp³-hybridized carbons (Fsp3) is 0. The van der Waals surface area contributed by atoms with Crippen LogP contribution in [-0.4, -0.2) is 9.97 Å². The van der Waals surface area contributed by atoms with Crippen LogP contribution in [0.5, 0.6) is 0 Å². The maximum absolute atomic E-state index is 6.62. The minimum absolute atomic E-state index is 0.657. The average molecular weight is 539 g/mol. The van der Waals surface area contributed by atoms with E-state index in [0.717, 1.165) is 66.4 Å². The Bertz CT molecular complexity index is 2470. The molecule has 6 aromatic carbocycles. The number of hydrogen-bond donors (Lipinski definition) is 0. The van der Waals surface area contributed by atoms with Crippen LogP contribution in [0.25, 0.3) is 88.6 Å². The molecule has 0 spiro atoms. The summed E-state index contributed by atoms with van der Waals surface area (Å²) in [6.07, 6.45) is 0. The Labute approximate surface area is 240 Å². The third-order valence-electron chi connectivity index (χ3n) is 8.09. The van der Waals surface area contributed by atoms with Crippen molar-refractivity contribution in [2.45, 2.75) is 0 Å². The van der Waals surface area contributed by atoms with Crippen molar-refractivity contribution in [1.29, 1.82) is 0 Å². The summed E-state index contributed by atoms with van der Waals surface area (Å²) in [6.45, 7) is 0. The van der Waals surface area contributed by atoms with Gasteiger partial charge in [0.1, 0.15) is 28.0 Å². The van der Waals surface area contributed by atoms with Gasteiger partial charge in [0.2, 0.25) is 0 Å². The molecule has 0 N–H and O–H groups in total. The molecule has 0 amide bonds. The van der Waals surface area contributed by atoms with Crippen LogP contribution in [0.4, 0.5) is 0 Å². The van der Waals surface area contributed by atoms with Crippen molar-refractivity contribution in [3.8, 4) is 33.8 Å². The Morgan fingerprint density at radius 1 is 0.452 bits per heavy atom. The summed E-state index contributed by atoms with van der Waals surface area (Å²) in [6, 6.07) is 45.6. The van der Waals surface area contributed by atoms with Crippen LogP contribution in [-0.2, 0) is 0 Å². The fourth-order valence-corrected chi connectivity index (χ4v) is 6.10. The monoisotopic (exact) mass is 538 g/mol. The molecular formula is C38H22N2O2. The first-order chi connectivity index (χ1) is 20.8. The molecule has 0 radical (unpaired) electrons. The summed E-state index contributed by atoms with van der Waals surface area (Å²) in [5.74, 6) is 0.657. The zero-order chi connectivity index (χ0) is 27.6. The molecule has 42 heavy (non-hydrogen) atoms. The van der Waals surface area contributed by atoms with Gasteiger partial charge in [-0.15, -0.1) is 0 Å². The predicted octanol–water partition coefficient (Wildman–Crippen LogP) is 10.4. The lowest BCUT2D eigenvalue weighted by Crippen LogP contribution is -1.94. The number of fused-ring (bicyclic) bond motifs is 7. The third kappa shape index (κ3) is 3.42.